The van der Waals surface area contributed by atoms with E-state index in [-0.39, 0.29) is 40.6 Å². The first-order valence-corrected chi connectivity index (χ1v) is 14.8. The molecule has 0 heterocycles. The van der Waals surface area contributed by atoms with Crippen molar-refractivity contribution in [3.8, 4) is 0 Å². The molecular formula is C27H30ClF3N2O7S. The van der Waals surface area contributed by atoms with Crippen molar-refractivity contribution in [1.29, 1.82) is 0 Å². The zero-order valence-electron chi connectivity index (χ0n) is 22.1. The largest absolute Gasteiger partial charge is 0.388 e. The molecule has 0 aromatic heterocycles. The van der Waals surface area contributed by atoms with Gasteiger partial charge in [-0.3, -0.25) is 9.59 Å². The fraction of sp³-hybridized carbons (Fsp3) is 0.481. The topological polar surface area (TPSA) is 153 Å². The summed E-state index contributed by atoms with van der Waals surface area (Å²) in [6.45, 7) is 2.42. The Morgan fingerprint density at radius 1 is 1.10 bits per heavy atom. The molecule has 9 nitrogen and oxygen atoms in total. The van der Waals surface area contributed by atoms with Crippen LogP contribution in [0.4, 0.5) is 18.9 Å². The van der Waals surface area contributed by atoms with Gasteiger partial charge in [-0.05, 0) is 69.6 Å². The minimum Gasteiger partial charge on any atom is -0.388 e. The summed E-state index contributed by atoms with van der Waals surface area (Å²) in [6.07, 6.45) is -0.669. The zero-order valence-corrected chi connectivity index (χ0v) is 23.7. The summed E-state index contributed by atoms with van der Waals surface area (Å²) in [7, 11) is -4.18. The van der Waals surface area contributed by atoms with E-state index in [1.54, 1.807) is 0 Å². The van der Waals surface area contributed by atoms with Crippen molar-refractivity contribution in [1.82, 2.24) is 5.32 Å². The molecule has 0 radical (unpaired) electrons. The van der Waals surface area contributed by atoms with Crippen molar-refractivity contribution < 1.29 is 46.5 Å². The number of benzene rings is 2. The highest BCUT2D eigenvalue weighted by molar-refractivity contribution is 7.92. The predicted molar refractivity (Wildman–Crippen MR) is 142 cm³/mol. The number of hydrogen-bond acceptors (Lipinski definition) is 7. The minimum atomic E-state index is -4.18. The maximum Gasteiger partial charge on any atom is 0.255 e. The number of sulfone groups is 1. The standard InChI is InChI=1S/C27H30ClF3N2O7S/c1-26(2,37)22(34)12-32-25(36)27(38)14-4-5-15(27)9-17(8-14)41(39,40)21-7-13(3-6-18(21)28)24(35)33-16-10-19(29)23(31)20(30)11-16/h3,6-7,10-11,14-15,17,22,34,37-38H,4-5,8-9,12H2,1-2H3,(H,32,36)(H,33,35)/t14-,15?,17?,22?,27?/m0/s1. The third-order valence-electron chi connectivity index (χ3n) is 8.02. The summed E-state index contributed by atoms with van der Waals surface area (Å²) in [5.74, 6) is -7.86. The number of nitrogens with one attached hydrogen (secondary N) is 2. The molecule has 4 unspecified atom stereocenters. The molecule has 4 rings (SSSR count). The average molecular weight is 619 g/mol. The summed E-state index contributed by atoms with van der Waals surface area (Å²) in [5.41, 5.74) is -3.94. The van der Waals surface area contributed by atoms with Gasteiger partial charge in [0.15, 0.2) is 27.3 Å². The summed E-state index contributed by atoms with van der Waals surface area (Å²) < 4.78 is 67.7. The van der Waals surface area contributed by atoms with Gasteiger partial charge in [0.05, 0.1) is 26.9 Å². The first-order chi connectivity index (χ1) is 19.0. The van der Waals surface area contributed by atoms with Crippen molar-refractivity contribution >= 4 is 38.9 Å². The number of aliphatic hydroxyl groups is 3. The fourth-order valence-corrected chi connectivity index (χ4v) is 7.98. The van der Waals surface area contributed by atoms with Crippen LogP contribution in [0.5, 0.6) is 0 Å². The molecule has 14 heteroatoms. The van der Waals surface area contributed by atoms with Crippen LogP contribution in [0.25, 0.3) is 0 Å². The molecule has 2 fully saturated rings. The summed E-state index contributed by atoms with van der Waals surface area (Å²) in [5, 5.41) is 34.7. The number of rotatable bonds is 8. The Kier molecular flexibility index (Phi) is 8.51. The van der Waals surface area contributed by atoms with Crippen LogP contribution >= 0.6 is 11.6 Å². The fourth-order valence-electron chi connectivity index (χ4n) is 5.58. The van der Waals surface area contributed by atoms with E-state index >= 15 is 0 Å². The number of anilines is 1. The zero-order chi connectivity index (χ0) is 30.5. The first kappa shape index (κ1) is 31.2. The molecule has 0 spiro atoms. The Hall–Kier alpha value is -2.71. The van der Waals surface area contributed by atoms with Crippen molar-refractivity contribution in [2.75, 3.05) is 11.9 Å². The van der Waals surface area contributed by atoms with Crippen LogP contribution in [-0.2, 0) is 14.6 Å². The van der Waals surface area contributed by atoms with Crippen LogP contribution in [0.15, 0.2) is 35.2 Å². The smallest absolute Gasteiger partial charge is 0.255 e. The van der Waals surface area contributed by atoms with Gasteiger partial charge in [0.25, 0.3) is 11.8 Å². The normalized spacial score (nSPS) is 25.0. The van der Waals surface area contributed by atoms with E-state index in [1.165, 1.54) is 26.0 Å². The lowest BCUT2D eigenvalue weighted by Crippen LogP contribution is -2.59. The molecule has 5 atom stereocenters. The highest BCUT2D eigenvalue weighted by Crippen LogP contribution is 2.52. The van der Waals surface area contributed by atoms with Gasteiger partial charge in [-0.2, -0.15) is 0 Å². The predicted octanol–water partition coefficient (Wildman–Crippen LogP) is 2.95. The van der Waals surface area contributed by atoms with Gasteiger partial charge in [0.2, 0.25) is 0 Å². The molecule has 0 saturated heterocycles. The Bertz CT molecular complexity index is 1440. The number of hydrogen-bond donors (Lipinski definition) is 5. The van der Waals surface area contributed by atoms with E-state index in [0.717, 1.165) is 6.07 Å². The van der Waals surface area contributed by atoms with Crippen molar-refractivity contribution in [3.05, 3.63) is 58.4 Å². The molecule has 2 bridgehead atoms. The van der Waals surface area contributed by atoms with Crippen LogP contribution in [0, 0.1) is 29.3 Å². The number of aliphatic hydroxyl groups excluding tert-OH is 1. The van der Waals surface area contributed by atoms with Crippen LogP contribution in [0.1, 0.15) is 49.9 Å². The van der Waals surface area contributed by atoms with E-state index in [2.05, 4.69) is 10.6 Å². The average Bonchev–Trinajstić information content (AvgIpc) is 3.05. The van der Waals surface area contributed by atoms with E-state index in [1.807, 2.05) is 0 Å². The highest BCUT2D eigenvalue weighted by atomic mass is 35.5. The molecule has 2 aromatic carbocycles. The molecular weight excluding hydrogens is 589 g/mol. The van der Waals surface area contributed by atoms with Crippen LogP contribution in [0.2, 0.25) is 5.02 Å². The Balaban J connectivity index is 1.52. The van der Waals surface area contributed by atoms with Gasteiger partial charge in [-0.15, -0.1) is 0 Å². The molecule has 2 aromatic rings. The van der Waals surface area contributed by atoms with Crippen molar-refractivity contribution in [3.63, 3.8) is 0 Å². The summed E-state index contributed by atoms with van der Waals surface area (Å²) >= 11 is 6.22. The number of fused-ring (bicyclic) bond motifs is 2. The summed E-state index contributed by atoms with van der Waals surface area (Å²) in [4.78, 5) is 25.4. The maximum atomic E-state index is 13.7. The van der Waals surface area contributed by atoms with E-state index in [9.17, 15) is 46.5 Å². The van der Waals surface area contributed by atoms with Gasteiger partial charge in [0.1, 0.15) is 5.60 Å². The van der Waals surface area contributed by atoms with Crippen LogP contribution < -0.4 is 10.6 Å². The number of carbonyl (C=O) groups is 2. The van der Waals surface area contributed by atoms with Crippen molar-refractivity contribution in [2.24, 2.45) is 11.8 Å². The van der Waals surface area contributed by atoms with Gasteiger partial charge in [-0.1, -0.05) is 11.6 Å². The number of amides is 2. The third-order valence-corrected chi connectivity index (χ3v) is 10.7. The SMILES string of the molecule is CC(C)(O)C(O)CNC(=O)C1(O)C2CC[C@H]1CC(S(=O)(=O)c1cc(C(=O)Nc3cc(F)c(F)c(F)c3)ccc1Cl)C2. The lowest BCUT2D eigenvalue weighted by atomic mass is 9.73. The molecule has 2 amide bonds. The molecule has 2 saturated carbocycles. The second kappa shape index (κ2) is 11.2. The van der Waals surface area contributed by atoms with Crippen molar-refractivity contribution in [2.45, 2.75) is 67.0 Å². The Morgan fingerprint density at radius 3 is 2.20 bits per heavy atom. The van der Waals surface area contributed by atoms with Gasteiger partial charge < -0.3 is 26.0 Å². The second-order valence-corrected chi connectivity index (χ2v) is 13.8. The van der Waals surface area contributed by atoms with Crippen LogP contribution in [0.3, 0.4) is 0 Å². The van der Waals surface area contributed by atoms with E-state index in [4.69, 9.17) is 11.6 Å². The molecule has 2 aliphatic rings. The molecule has 41 heavy (non-hydrogen) atoms. The van der Waals surface area contributed by atoms with Gasteiger partial charge >= 0.3 is 0 Å². The third kappa shape index (κ3) is 5.96. The van der Waals surface area contributed by atoms with Gasteiger partial charge in [0, 0.05) is 29.9 Å². The monoisotopic (exact) mass is 618 g/mol. The molecule has 5 N–H and O–H groups in total. The minimum absolute atomic E-state index is 0.0717. The molecule has 0 aliphatic heterocycles. The number of carbonyl (C=O) groups excluding carboxylic acids is 2. The Morgan fingerprint density at radius 2 is 1.66 bits per heavy atom. The van der Waals surface area contributed by atoms with Gasteiger partial charge in [-0.25, -0.2) is 21.6 Å². The molecule has 224 valence electrons. The quantitative estimate of drug-likeness (QED) is 0.285. The second-order valence-electron chi connectivity index (χ2n) is 11.2. The number of halogens is 4. The van der Waals surface area contributed by atoms with E-state index in [0.29, 0.717) is 25.0 Å². The summed E-state index contributed by atoms with van der Waals surface area (Å²) in [6, 6.07) is 4.57. The molecule has 2 aliphatic carbocycles. The lowest BCUT2D eigenvalue weighted by Gasteiger charge is -2.41. The highest BCUT2D eigenvalue weighted by Gasteiger charge is 2.59. The lowest BCUT2D eigenvalue weighted by molar-refractivity contribution is -0.153. The Labute approximate surface area is 239 Å². The first-order valence-electron chi connectivity index (χ1n) is 12.9. The van der Waals surface area contributed by atoms with E-state index < -0.39 is 73.5 Å². The van der Waals surface area contributed by atoms with Crippen LogP contribution in [-0.4, -0.2) is 64.7 Å². The maximum absolute atomic E-state index is 13.7.